The molecule has 0 heterocycles. The highest BCUT2D eigenvalue weighted by molar-refractivity contribution is 6.11. The van der Waals surface area contributed by atoms with Crippen molar-refractivity contribution in [3.05, 3.63) is 84.4 Å². The van der Waals surface area contributed by atoms with Crippen LogP contribution in [-0.2, 0) is 4.74 Å². The van der Waals surface area contributed by atoms with Gasteiger partial charge in [0, 0.05) is 12.6 Å². The van der Waals surface area contributed by atoms with Crippen LogP contribution in [-0.4, -0.2) is 12.8 Å². The Balaban J connectivity index is 2.85. The Hall–Kier alpha value is -2.35. The van der Waals surface area contributed by atoms with Gasteiger partial charge in [-0.25, -0.2) is 0 Å². The quantitative estimate of drug-likeness (QED) is 0.419. The van der Waals surface area contributed by atoms with E-state index in [1.807, 2.05) is 56.3 Å². The van der Waals surface area contributed by atoms with Crippen molar-refractivity contribution >= 4 is 5.71 Å². The summed E-state index contributed by atoms with van der Waals surface area (Å²) in [6.45, 7) is 11.8. The van der Waals surface area contributed by atoms with Crippen molar-refractivity contribution in [3.8, 4) is 0 Å². The molecule has 20 heavy (non-hydrogen) atoms. The number of rotatable bonds is 6. The molecule has 0 aliphatic heterocycles. The lowest BCUT2D eigenvalue weighted by Gasteiger charge is -2.13. The molecule has 0 N–H and O–H groups in total. The maximum atomic E-state index is 5.62. The highest BCUT2D eigenvalue weighted by atomic mass is 16.5. The Bertz CT molecular complexity index is 577. The van der Waals surface area contributed by atoms with Crippen molar-refractivity contribution in [1.82, 2.24) is 0 Å². The maximum Gasteiger partial charge on any atom is 0.145 e. The van der Waals surface area contributed by atoms with E-state index in [0.717, 1.165) is 16.8 Å². The van der Waals surface area contributed by atoms with Crippen LogP contribution in [0.3, 0.4) is 0 Å². The lowest BCUT2D eigenvalue weighted by atomic mass is 10.0. The van der Waals surface area contributed by atoms with E-state index in [9.17, 15) is 0 Å². The zero-order valence-corrected chi connectivity index (χ0v) is 12.4. The summed E-state index contributed by atoms with van der Waals surface area (Å²) in [5, 5.41) is 0. The van der Waals surface area contributed by atoms with E-state index < -0.39 is 0 Å². The zero-order chi connectivity index (χ0) is 15.0. The van der Waals surface area contributed by atoms with Crippen LogP contribution in [0.25, 0.3) is 0 Å². The molecule has 0 aliphatic carbocycles. The van der Waals surface area contributed by atoms with E-state index in [0.29, 0.717) is 11.5 Å². The van der Waals surface area contributed by atoms with Crippen LogP contribution in [0.4, 0.5) is 0 Å². The Morgan fingerprint density at radius 3 is 2.50 bits per heavy atom. The average molecular weight is 267 g/mol. The van der Waals surface area contributed by atoms with E-state index in [-0.39, 0.29) is 0 Å². The van der Waals surface area contributed by atoms with E-state index in [2.05, 4.69) is 18.2 Å². The van der Waals surface area contributed by atoms with Gasteiger partial charge >= 0.3 is 0 Å². The Labute approximate surface area is 121 Å². The van der Waals surface area contributed by atoms with Gasteiger partial charge in [0.25, 0.3) is 0 Å². The van der Waals surface area contributed by atoms with Crippen LogP contribution in [0.2, 0.25) is 0 Å². The summed E-state index contributed by atoms with van der Waals surface area (Å²) < 4.78 is 5.62. The molecule has 0 spiro atoms. The van der Waals surface area contributed by atoms with Crippen molar-refractivity contribution in [2.75, 3.05) is 7.05 Å². The molecule has 0 saturated heterocycles. The van der Waals surface area contributed by atoms with E-state index >= 15 is 0 Å². The molecule has 1 aromatic carbocycles. The lowest BCUT2D eigenvalue weighted by Crippen LogP contribution is -2.08. The first-order valence-corrected chi connectivity index (χ1v) is 6.48. The van der Waals surface area contributed by atoms with E-state index in [1.165, 1.54) is 0 Å². The van der Waals surface area contributed by atoms with Gasteiger partial charge in [-0.05, 0) is 25.5 Å². The molecule has 0 bridgehead atoms. The average Bonchev–Trinajstić information content (AvgIpc) is 2.42. The number of benzene rings is 1. The SMILES string of the molecule is C=C(/C=C\C=C/C)OC(=C)C(=NC)c1ccccc1C. The third-order valence-corrected chi connectivity index (χ3v) is 2.73. The number of nitrogens with zero attached hydrogens (tertiary/aromatic N) is 1. The molecule has 2 nitrogen and oxygen atoms in total. The summed E-state index contributed by atoms with van der Waals surface area (Å²) >= 11 is 0. The van der Waals surface area contributed by atoms with Crippen molar-refractivity contribution in [2.45, 2.75) is 13.8 Å². The van der Waals surface area contributed by atoms with Gasteiger partial charge in [-0.15, -0.1) is 0 Å². The Kier molecular flexibility index (Phi) is 6.24. The third kappa shape index (κ3) is 4.39. The third-order valence-electron chi connectivity index (χ3n) is 2.73. The molecule has 0 atom stereocenters. The molecule has 0 aliphatic rings. The van der Waals surface area contributed by atoms with Crippen molar-refractivity contribution in [1.29, 1.82) is 0 Å². The molecule has 104 valence electrons. The fourth-order valence-corrected chi connectivity index (χ4v) is 1.75. The van der Waals surface area contributed by atoms with Gasteiger partial charge < -0.3 is 4.74 Å². The van der Waals surface area contributed by atoms with Crippen molar-refractivity contribution in [2.24, 2.45) is 4.99 Å². The van der Waals surface area contributed by atoms with E-state index in [1.54, 1.807) is 13.1 Å². The molecule has 0 fully saturated rings. The summed E-state index contributed by atoms with van der Waals surface area (Å²) in [5.74, 6) is 1.03. The topological polar surface area (TPSA) is 21.6 Å². The minimum Gasteiger partial charge on any atom is -0.456 e. The van der Waals surface area contributed by atoms with Gasteiger partial charge in [0.1, 0.15) is 17.2 Å². The van der Waals surface area contributed by atoms with Crippen LogP contribution in [0, 0.1) is 6.92 Å². The van der Waals surface area contributed by atoms with Gasteiger partial charge in [0.2, 0.25) is 0 Å². The molecule has 1 aromatic rings. The lowest BCUT2D eigenvalue weighted by molar-refractivity contribution is 0.349. The normalized spacial score (nSPS) is 12.1. The second kappa shape index (κ2) is 7.95. The van der Waals surface area contributed by atoms with Crippen LogP contribution < -0.4 is 0 Å². The van der Waals surface area contributed by atoms with Gasteiger partial charge in [-0.3, -0.25) is 4.99 Å². The molecule has 0 saturated carbocycles. The summed E-state index contributed by atoms with van der Waals surface area (Å²) in [6, 6.07) is 8.01. The number of aliphatic imine (C=N–C) groups is 1. The molecule has 2 heteroatoms. The van der Waals surface area contributed by atoms with Gasteiger partial charge in [0.15, 0.2) is 0 Å². The first kappa shape index (κ1) is 15.7. The van der Waals surface area contributed by atoms with Crippen LogP contribution in [0.5, 0.6) is 0 Å². The minimum absolute atomic E-state index is 0.497. The van der Waals surface area contributed by atoms with Crippen molar-refractivity contribution < 1.29 is 4.74 Å². The smallest absolute Gasteiger partial charge is 0.145 e. The highest BCUT2D eigenvalue weighted by Gasteiger charge is 2.11. The second-order valence-corrected chi connectivity index (χ2v) is 4.26. The number of allylic oxidation sites excluding steroid dienone is 5. The number of hydrogen-bond donors (Lipinski definition) is 0. The molecule has 1 rings (SSSR count). The van der Waals surface area contributed by atoms with Gasteiger partial charge in [-0.2, -0.15) is 0 Å². The van der Waals surface area contributed by atoms with Crippen LogP contribution in [0.15, 0.2) is 78.2 Å². The first-order chi connectivity index (χ1) is 9.60. The molecular formula is C18H21NO. The predicted molar refractivity (Wildman–Crippen MR) is 87.0 cm³/mol. The number of ether oxygens (including phenoxy) is 1. The zero-order valence-electron chi connectivity index (χ0n) is 12.4. The highest BCUT2D eigenvalue weighted by Crippen LogP contribution is 2.16. The maximum absolute atomic E-state index is 5.62. The summed E-state index contributed by atoms with van der Waals surface area (Å²) in [7, 11) is 1.73. The fraction of sp³-hybridized carbons (Fsp3) is 0.167. The number of hydrogen-bond acceptors (Lipinski definition) is 2. The summed E-state index contributed by atoms with van der Waals surface area (Å²) in [5.41, 5.74) is 2.89. The standard InChI is InChI=1S/C18H21NO/c1-6-7-8-12-15(3)20-16(4)18(19-5)17-13-10-9-11-14(17)2/h6-13H,3-4H2,1-2,5H3/b7-6-,12-8-,19-18?. The van der Waals surface area contributed by atoms with Crippen LogP contribution in [0.1, 0.15) is 18.1 Å². The monoisotopic (exact) mass is 267 g/mol. The van der Waals surface area contributed by atoms with Crippen LogP contribution >= 0.6 is 0 Å². The Morgan fingerprint density at radius 1 is 1.20 bits per heavy atom. The van der Waals surface area contributed by atoms with E-state index in [4.69, 9.17) is 4.74 Å². The molecule has 0 unspecified atom stereocenters. The van der Waals surface area contributed by atoms with Gasteiger partial charge in [0.05, 0.1) is 0 Å². The largest absolute Gasteiger partial charge is 0.456 e. The summed E-state index contributed by atoms with van der Waals surface area (Å²) in [4.78, 5) is 4.28. The van der Waals surface area contributed by atoms with Gasteiger partial charge in [-0.1, -0.05) is 55.7 Å². The predicted octanol–water partition coefficient (Wildman–Crippen LogP) is 4.59. The minimum atomic E-state index is 0.497. The molecule has 0 radical (unpaired) electrons. The second-order valence-electron chi connectivity index (χ2n) is 4.26. The molecule has 0 amide bonds. The summed E-state index contributed by atoms with van der Waals surface area (Å²) in [6.07, 6.45) is 7.50. The fourth-order valence-electron chi connectivity index (χ4n) is 1.75. The Morgan fingerprint density at radius 2 is 1.90 bits per heavy atom. The molecular weight excluding hydrogens is 246 g/mol. The first-order valence-electron chi connectivity index (χ1n) is 6.48. The number of aryl methyl sites for hydroxylation is 1. The molecule has 0 aromatic heterocycles. The van der Waals surface area contributed by atoms with Crippen molar-refractivity contribution in [3.63, 3.8) is 0 Å².